The lowest BCUT2D eigenvalue weighted by Crippen LogP contribution is -2.34. The number of aromatic amines is 1. The first-order valence-electron chi connectivity index (χ1n) is 11.0. The number of amidine groups is 1. The first kappa shape index (κ1) is 23.1. The Morgan fingerprint density at radius 2 is 2.12 bits per heavy atom. The molecule has 0 fully saturated rings. The van der Waals surface area contributed by atoms with Crippen LogP contribution in [0.2, 0.25) is 0 Å². The zero-order chi connectivity index (χ0) is 23.3. The summed E-state index contributed by atoms with van der Waals surface area (Å²) in [5.41, 5.74) is 5.09. The lowest BCUT2D eigenvalue weighted by molar-refractivity contribution is 0.455. The molecule has 2 atom stereocenters. The highest BCUT2D eigenvalue weighted by atomic mass is 16.3. The predicted molar refractivity (Wildman–Crippen MR) is 130 cm³/mol. The smallest absolute Gasteiger partial charge is 0.198 e. The largest absolute Gasteiger partial charge is 0.494 e. The van der Waals surface area contributed by atoms with Crippen molar-refractivity contribution in [3.8, 4) is 11.9 Å². The van der Waals surface area contributed by atoms with Crippen LogP contribution >= 0.6 is 0 Å². The molecule has 1 aromatic heterocycles. The third-order valence-electron chi connectivity index (χ3n) is 6.01. The number of nitriles is 1. The highest BCUT2D eigenvalue weighted by Gasteiger charge is 2.25. The van der Waals surface area contributed by atoms with Crippen LogP contribution in [-0.4, -0.2) is 28.2 Å². The monoisotopic (exact) mass is 429 g/mol. The van der Waals surface area contributed by atoms with Gasteiger partial charge in [-0.25, -0.2) is 4.99 Å². The highest BCUT2D eigenvalue weighted by molar-refractivity contribution is 6.09. The Morgan fingerprint density at radius 1 is 1.34 bits per heavy atom. The van der Waals surface area contributed by atoms with Gasteiger partial charge >= 0.3 is 0 Å². The maximum atomic E-state index is 10.7. The molecule has 1 heterocycles. The maximum absolute atomic E-state index is 10.7. The molecule has 4 N–H and O–H groups in total. The molecule has 0 bridgehead atoms. The first-order valence-corrected chi connectivity index (χ1v) is 11.0. The average molecular weight is 430 g/mol. The first-order chi connectivity index (χ1) is 15.4. The molecule has 166 valence electrons. The zero-order valence-corrected chi connectivity index (χ0v) is 19.2. The molecule has 1 aliphatic carbocycles. The van der Waals surface area contributed by atoms with Crippen LogP contribution in [0.5, 0.6) is 5.88 Å². The zero-order valence-electron chi connectivity index (χ0n) is 19.2. The lowest BCUT2D eigenvalue weighted by atomic mass is 9.78. The van der Waals surface area contributed by atoms with Crippen LogP contribution in [0.25, 0.3) is 12.2 Å². The summed E-state index contributed by atoms with van der Waals surface area (Å²) in [6.45, 7) is 8.48. The summed E-state index contributed by atoms with van der Waals surface area (Å²) < 4.78 is 0. The normalized spacial score (nSPS) is 17.9. The topological polar surface area (TPSA) is 108 Å². The average Bonchev–Trinajstić information content (AvgIpc) is 3.10. The molecule has 32 heavy (non-hydrogen) atoms. The fourth-order valence-corrected chi connectivity index (χ4v) is 4.29. The number of nitrogens with zero attached hydrogens (tertiary/aromatic N) is 2. The molecule has 1 aliphatic rings. The quantitative estimate of drug-likeness (QED) is 0.234. The summed E-state index contributed by atoms with van der Waals surface area (Å²) in [5.74, 6) is 0.633. The molecule has 6 heteroatoms. The number of rotatable bonds is 7. The summed E-state index contributed by atoms with van der Waals surface area (Å²) in [4.78, 5) is 7.45. The second-order valence-corrected chi connectivity index (χ2v) is 8.11. The van der Waals surface area contributed by atoms with Crippen LogP contribution in [-0.2, 0) is 6.42 Å². The van der Waals surface area contributed by atoms with Gasteiger partial charge in [-0.15, -0.1) is 0 Å². The number of aromatic hydroxyl groups is 1. The van der Waals surface area contributed by atoms with Crippen LogP contribution in [0.4, 0.5) is 0 Å². The van der Waals surface area contributed by atoms with Gasteiger partial charge in [-0.1, -0.05) is 44.2 Å². The number of fused-ring (bicyclic) bond motifs is 1. The van der Waals surface area contributed by atoms with E-state index in [1.165, 1.54) is 29.0 Å². The number of H-pyrrole nitrogens is 1. The standard InChI is InChI=1S/C26H31N5O/c1-5-18-8-7-16(3)20(13-18)21-15-22-23(14-19(21)6-2)31-26(32)25(22)17(4)30-24(28)9-11-29-12-10-27/h7-9,11,13-15,19,21,28-29,31-32H,5-6,12H2,1-4H3/b11-9-,28-24?,30-17?. The van der Waals surface area contributed by atoms with Gasteiger partial charge in [-0.3, -0.25) is 5.41 Å². The molecule has 0 spiro atoms. The van der Waals surface area contributed by atoms with E-state index in [9.17, 15) is 5.11 Å². The van der Waals surface area contributed by atoms with E-state index < -0.39 is 0 Å². The fourth-order valence-electron chi connectivity index (χ4n) is 4.29. The molecule has 2 aromatic rings. The van der Waals surface area contributed by atoms with Gasteiger partial charge in [0.25, 0.3) is 0 Å². The van der Waals surface area contributed by atoms with Crippen LogP contribution < -0.4 is 15.9 Å². The van der Waals surface area contributed by atoms with E-state index in [0.717, 1.165) is 23.4 Å². The number of nitrogens with one attached hydrogen (secondary N) is 3. The maximum Gasteiger partial charge on any atom is 0.198 e. The van der Waals surface area contributed by atoms with Gasteiger partial charge < -0.3 is 15.4 Å². The van der Waals surface area contributed by atoms with Gasteiger partial charge in [-0.2, -0.15) is 5.26 Å². The van der Waals surface area contributed by atoms with Crippen LogP contribution in [0, 0.1) is 29.6 Å². The molecule has 1 aromatic carbocycles. The molecule has 0 amide bonds. The van der Waals surface area contributed by atoms with E-state index in [4.69, 9.17) is 10.7 Å². The summed E-state index contributed by atoms with van der Waals surface area (Å²) in [6, 6.07) is 8.66. The van der Waals surface area contributed by atoms with Crippen molar-refractivity contribution in [2.24, 2.45) is 10.9 Å². The Morgan fingerprint density at radius 3 is 2.81 bits per heavy atom. The van der Waals surface area contributed by atoms with E-state index in [0.29, 0.717) is 17.2 Å². The van der Waals surface area contributed by atoms with E-state index in [2.05, 4.69) is 66.4 Å². The van der Waals surface area contributed by atoms with Crippen LogP contribution in [0.15, 0.2) is 35.5 Å². The van der Waals surface area contributed by atoms with Crippen molar-refractivity contribution in [1.82, 2.24) is 10.3 Å². The van der Waals surface area contributed by atoms with Crippen molar-refractivity contribution in [1.29, 1.82) is 10.7 Å². The SMILES string of the molecule is CCc1ccc(C)c(C2C=c3c(C(C)=NC(=N)/C=C\NCC#N)c(O)[nH]c3=CC2CC)c1. The molecule has 3 rings (SSSR count). The molecular formula is C26H31N5O. The Kier molecular flexibility index (Phi) is 7.32. The number of hydrogen-bond donors (Lipinski definition) is 4. The van der Waals surface area contributed by atoms with E-state index in [1.54, 1.807) is 6.92 Å². The second-order valence-electron chi connectivity index (χ2n) is 8.11. The lowest BCUT2D eigenvalue weighted by Gasteiger charge is -2.25. The van der Waals surface area contributed by atoms with Gasteiger partial charge in [-0.05, 0) is 55.4 Å². The van der Waals surface area contributed by atoms with Gasteiger partial charge in [0.15, 0.2) is 5.88 Å². The van der Waals surface area contributed by atoms with Crippen LogP contribution in [0.1, 0.15) is 55.4 Å². The molecule has 0 radical (unpaired) electrons. The number of aliphatic imine (C=N–C) groups is 1. The van der Waals surface area contributed by atoms with Crippen molar-refractivity contribution in [2.75, 3.05) is 6.54 Å². The minimum Gasteiger partial charge on any atom is -0.494 e. The van der Waals surface area contributed by atoms with E-state index in [1.807, 2.05) is 6.07 Å². The van der Waals surface area contributed by atoms with Crippen molar-refractivity contribution >= 4 is 23.7 Å². The number of benzene rings is 1. The third-order valence-corrected chi connectivity index (χ3v) is 6.01. The van der Waals surface area contributed by atoms with Crippen molar-refractivity contribution in [3.05, 3.63) is 63.3 Å². The fraction of sp³-hybridized carbons (Fsp3) is 0.346. The highest BCUT2D eigenvalue weighted by Crippen LogP contribution is 2.34. The molecule has 0 saturated heterocycles. The molecule has 6 nitrogen and oxygen atoms in total. The Labute approximate surface area is 189 Å². The number of aryl methyl sites for hydroxylation is 2. The van der Waals surface area contributed by atoms with Crippen molar-refractivity contribution < 1.29 is 5.11 Å². The van der Waals surface area contributed by atoms with Crippen molar-refractivity contribution in [2.45, 2.75) is 46.5 Å². The minimum atomic E-state index is 0.0385. The third kappa shape index (κ3) is 4.83. The Hall–Kier alpha value is -3.59. The molecule has 0 saturated carbocycles. The van der Waals surface area contributed by atoms with E-state index in [-0.39, 0.29) is 24.2 Å². The molecular weight excluding hydrogens is 398 g/mol. The Bertz CT molecular complexity index is 1230. The summed E-state index contributed by atoms with van der Waals surface area (Å²) >= 11 is 0. The van der Waals surface area contributed by atoms with Gasteiger partial charge in [0.1, 0.15) is 12.4 Å². The second kappa shape index (κ2) is 10.1. The number of hydrogen-bond acceptors (Lipinski definition) is 4. The van der Waals surface area contributed by atoms with Crippen molar-refractivity contribution in [3.63, 3.8) is 0 Å². The summed E-state index contributed by atoms with van der Waals surface area (Å²) in [6.07, 6.45) is 9.45. The minimum absolute atomic E-state index is 0.0385. The van der Waals surface area contributed by atoms with Gasteiger partial charge in [0.05, 0.1) is 17.3 Å². The summed E-state index contributed by atoms with van der Waals surface area (Å²) in [7, 11) is 0. The summed E-state index contributed by atoms with van der Waals surface area (Å²) in [5, 5.41) is 31.9. The predicted octanol–water partition coefficient (Wildman–Crippen LogP) is 3.39. The van der Waals surface area contributed by atoms with Gasteiger partial charge in [0.2, 0.25) is 0 Å². The molecule has 0 aliphatic heterocycles. The van der Waals surface area contributed by atoms with Gasteiger partial charge in [0, 0.05) is 22.7 Å². The number of aromatic nitrogens is 1. The van der Waals surface area contributed by atoms with Crippen LogP contribution in [0.3, 0.4) is 0 Å². The Balaban J connectivity index is 2.07. The molecule has 2 unspecified atom stereocenters. The van der Waals surface area contributed by atoms with E-state index >= 15 is 0 Å².